The molecule has 0 radical (unpaired) electrons. The molecule has 5 nitrogen and oxygen atoms in total. The second-order valence-electron chi connectivity index (χ2n) is 4.49. The van der Waals surface area contributed by atoms with Crippen LogP contribution in [0, 0.1) is 5.82 Å². The lowest BCUT2D eigenvalue weighted by molar-refractivity contribution is -0.135. The summed E-state index contributed by atoms with van der Waals surface area (Å²) in [6.07, 6.45) is 0. The first-order valence-electron chi connectivity index (χ1n) is 6.16. The van der Waals surface area contributed by atoms with Crippen molar-refractivity contribution in [3.63, 3.8) is 0 Å². The fraction of sp³-hybridized carbons (Fsp3) is 0.0714. The number of anilines is 1. The first-order valence-corrected chi connectivity index (χ1v) is 8.36. The van der Waals surface area contributed by atoms with Gasteiger partial charge in [0.15, 0.2) is 0 Å². The number of sulfonamides is 1. The first kappa shape index (κ1) is 17.5. The Balaban J connectivity index is 2.57. The van der Waals surface area contributed by atoms with E-state index in [1.54, 1.807) is 0 Å². The minimum Gasteiger partial charge on any atom is -0.480 e. The predicted octanol–water partition coefficient (Wildman–Crippen LogP) is 3.41. The molecule has 0 spiro atoms. The van der Waals surface area contributed by atoms with Crippen molar-refractivity contribution < 1.29 is 22.7 Å². The Morgan fingerprint density at radius 1 is 1.09 bits per heavy atom. The van der Waals surface area contributed by atoms with E-state index in [4.69, 9.17) is 28.3 Å². The smallest absolute Gasteiger partial charge is 0.324 e. The van der Waals surface area contributed by atoms with Gasteiger partial charge in [-0.1, -0.05) is 23.2 Å². The molecule has 0 fully saturated rings. The van der Waals surface area contributed by atoms with Crippen LogP contribution in [0.3, 0.4) is 0 Å². The van der Waals surface area contributed by atoms with Gasteiger partial charge >= 0.3 is 5.97 Å². The van der Waals surface area contributed by atoms with E-state index in [0.29, 0.717) is 4.31 Å². The number of carboxylic acid groups (broad SMARTS) is 1. The molecule has 9 heteroatoms. The maximum Gasteiger partial charge on any atom is 0.324 e. The van der Waals surface area contributed by atoms with Crippen LogP contribution in [0.4, 0.5) is 10.1 Å². The summed E-state index contributed by atoms with van der Waals surface area (Å²) >= 11 is 11.7. The number of hydrogen-bond acceptors (Lipinski definition) is 3. The van der Waals surface area contributed by atoms with Crippen molar-refractivity contribution in [2.45, 2.75) is 4.90 Å². The van der Waals surface area contributed by atoms with Gasteiger partial charge in [-0.3, -0.25) is 9.10 Å². The van der Waals surface area contributed by atoms with Crippen molar-refractivity contribution in [1.29, 1.82) is 0 Å². The van der Waals surface area contributed by atoms with Crippen molar-refractivity contribution in [2.75, 3.05) is 10.8 Å². The van der Waals surface area contributed by atoms with Crippen LogP contribution in [-0.4, -0.2) is 26.0 Å². The molecule has 0 aliphatic carbocycles. The number of halogens is 3. The zero-order valence-electron chi connectivity index (χ0n) is 11.4. The third kappa shape index (κ3) is 4.13. The fourth-order valence-electron chi connectivity index (χ4n) is 1.85. The molecule has 0 aromatic heterocycles. The van der Waals surface area contributed by atoms with Gasteiger partial charge in [0, 0.05) is 10.0 Å². The molecule has 0 aliphatic rings. The van der Waals surface area contributed by atoms with E-state index in [0.717, 1.165) is 24.3 Å². The number of nitrogens with zero attached hydrogens (tertiary/aromatic N) is 1. The monoisotopic (exact) mass is 377 g/mol. The minimum absolute atomic E-state index is 0.00535. The number of carbonyl (C=O) groups is 1. The molecule has 0 bridgehead atoms. The minimum atomic E-state index is -4.23. The Kier molecular flexibility index (Phi) is 5.13. The highest BCUT2D eigenvalue weighted by Gasteiger charge is 2.27. The quantitative estimate of drug-likeness (QED) is 0.865. The number of benzene rings is 2. The molecule has 1 N–H and O–H groups in total. The molecule has 0 saturated carbocycles. The van der Waals surface area contributed by atoms with Crippen molar-refractivity contribution in [2.24, 2.45) is 0 Å². The van der Waals surface area contributed by atoms with Crippen LogP contribution in [0.2, 0.25) is 10.0 Å². The maximum atomic E-state index is 13.0. The number of rotatable bonds is 5. The third-order valence-corrected chi connectivity index (χ3v) is 5.04. The highest BCUT2D eigenvalue weighted by molar-refractivity contribution is 7.92. The highest BCUT2D eigenvalue weighted by atomic mass is 35.5. The van der Waals surface area contributed by atoms with Gasteiger partial charge < -0.3 is 5.11 Å². The summed E-state index contributed by atoms with van der Waals surface area (Å²) in [4.78, 5) is 10.8. The molecule has 0 aliphatic heterocycles. The molecule has 0 amide bonds. The van der Waals surface area contributed by atoms with Crippen LogP contribution in [0.25, 0.3) is 0 Å². The SMILES string of the molecule is O=C(O)CN(c1cc(Cl)cc(Cl)c1)S(=O)(=O)c1ccc(F)cc1. The van der Waals surface area contributed by atoms with Crippen molar-refractivity contribution in [1.82, 2.24) is 0 Å². The Hall–Kier alpha value is -1.83. The van der Waals surface area contributed by atoms with Crippen molar-refractivity contribution in [3.8, 4) is 0 Å². The Morgan fingerprint density at radius 2 is 1.61 bits per heavy atom. The predicted molar refractivity (Wildman–Crippen MR) is 85.0 cm³/mol. The van der Waals surface area contributed by atoms with Crippen LogP contribution in [0.15, 0.2) is 47.4 Å². The molecule has 122 valence electrons. The number of hydrogen-bond donors (Lipinski definition) is 1. The Labute approximate surface area is 141 Å². The van der Waals surface area contributed by atoms with E-state index in [-0.39, 0.29) is 20.6 Å². The molecule has 2 aromatic rings. The van der Waals surface area contributed by atoms with Crippen molar-refractivity contribution in [3.05, 3.63) is 58.3 Å². The average Bonchev–Trinajstić information content (AvgIpc) is 2.43. The van der Waals surface area contributed by atoms with E-state index in [9.17, 15) is 17.6 Å². The standard InChI is InChI=1S/C14H10Cl2FNO4S/c15-9-5-10(16)7-12(6-9)18(8-14(19)20)23(21,22)13-3-1-11(17)2-4-13/h1-7H,8H2,(H,19,20). The second kappa shape index (κ2) is 6.74. The molecule has 2 rings (SSSR count). The molecule has 23 heavy (non-hydrogen) atoms. The molecule has 2 aromatic carbocycles. The summed E-state index contributed by atoms with van der Waals surface area (Å²) in [5.74, 6) is -1.98. The summed E-state index contributed by atoms with van der Waals surface area (Å²) < 4.78 is 38.9. The summed E-state index contributed by atoms with van der Waals surface area (Å²) in [6, 6.07) is 7.97. The van der Waals surface area contributed by atoms with E-state index in [2.05, 4.69) is 0 Å². The number of aliphatic carboxylic acids is 1. The third-order valence-electron chi connectivity index (χ3n) is 2.82. The van der Waals surface area contributed by atoms with Gasteiger partial charge in [-0.15, -0.1) is 0 Å². The zero-order valence-corrected chi connectivity index (χ0v) is 13.7. The van der Waals surface area contributed by atoms with Gasteiger partial charge in [-0.05, 0) is 42.5 Å². The summed E-state index contributed by atoms with van der Waals surface area (Å²) in [5, 5.41) is 9.31. The molecule has 0 saturated heterocycles. The van der Waals surface area contributed by atoms with Crippen LogP contribution < -0.4 is 4.31 Å². The zero-order chi connectivity index (χ0) is 17.2. The van der Waals surface area contributed by atoms with Gasteiger partial charge in [0.25, 0.3) is 10.0 Å². The topological polar surface area (TPSA) is 74.7 Å². The molecule has 0 heterocycles. The van der Waals surface area contributed by atoms with Gasteiger partial charge in [0.05, 0.1) is 10.6 Å². The van der Waals surface area contributed by atoms with Gasteiger partial charge in [0.2, 0.25) is 0 Å². The van der Waals surface area contributed by atoms with Gasteiger partial charge in [-0.2, -0.15) is 0 Å². The summed E-state index contributed by atoms with van der Waals surface area (Å²) in [6.45, 7) is -0.837. The lowest BCUT2D eigenvalue weighted by Gasteiger charge is -2.23. The highest BCUT2D eigenvalue weighted by Crippen LogP contribution is 2.29. The van der Waals surface area contributed by atoms with E-state index >= 15 is 0 Å². The maximum absolute atomic E-state index is 13.0. The summed E-state index contributed by atoms with van der Waals surface area (Å²) in [7, 11) is -4.23. The molecular formula is C14H10Cl2FNO4S. The largest absolute Gasteiger partial charge is 0.480 e. The van der Waals surface area contributed by atoms with Crippen molar-refractivity contribution >= 4 is 44.9 Å². The Morgan fingerprint density at radius 3 is 2.09 bits per heavy atom. The second-order valence-corrected chi connectivity index (χ2v) is 7.22. The van der Waals surface area contributed by atoms with E-state index < -0.39 is 28.4 Å². The normalized spacial score (nSPS) is 11.3. The van der Waals surface area contributed by atoms with Crippen LogP contribution in [0.1, 0.15) is 0 Å². The average molecular weight is 378 g/mol. The lowest BCUT2D eigenvalue weighted by Crippen LogP contribution is -2.35. The molecule has 0 unspecified atom stereocenters. The first-order chi connectivity index (χ1) is 10.7. The molecule has 0 atom stereocenters. The fourth-order valence-corrected chi connectivity index (χ4v) is 3.77. The number of carboxylic acids is 1. The molecular weight excluding hydrogens is 368 g/mol. The van der Waals surface area contributed by atoms with Crippen LogP contribution >= 0.6 is 23.2 Å². The summed E-state index contributed by atoms with van der Waals surface area (Å²) in [5.41, 5.74) is -0.00535. The Bertz CT molecular complexity index is 820. The van der Waals surface area contributed by atoms with Crippen LogP contribution in [0.5, 0.6) is 0 Å². The lowest BCUT2D eigenvalue weighted by atomic mass is 10.3. The van der Waals surface area contributed by atoms with Crippen LogP contribution in [-0.2, 0) is 14.8 Å². The van der Waals surface area contributed by atoms with Gasteiger partial charge in [0.1, 0.15) is 12.4 Å². The van der Waals surface area contributed by atoms with Gasteiger partial charge in [-0.25, -0.2) is 12.8 Å². The van der Waals surface area contributed by atoms with E-state index in [1.807, 2.05) is 0 Å². The van der Waals surface area contributed by atoms with E-state index in [1.165, 1.54) is 18.2 Å².